The molecule has 7 heteroatoms. The summed E-state index contributed by atoms with van der Waals surface area (Å²) in [6.45, 7) is 10.9. The summed E-state index contributed by atoms with van der Waals surface area (Å²) in [6, 6.07) is 19.8. The van der Waals surface area contributed by atoms with E-state index in [1.54, 1.807) is 4.90 Å². The molecule has 0 aliphatic carbocycles. The normalized spacial score (nSPS) is 14.7. The first-order valence-electron chi connectivity index (χ1n) is 13.2. The average molecular weight is 500 g/mol. The maximum absolute atomic E-state index is 13.4. The highest BCUT2D eigenvalue weighted by Gasteiger charge is 2.27. The highest BCUT2D eigenvalue weighted by molar-refractivity contribution is 5.98. The number of aryl methyl sites for hydroxylation is 2. The molecule has 0 saturated carbocycles. The molecular formula is C30H37N5O2. The zero-order valence-corrected chi connectivity index (χ0v) is 22.4. The van der Waals surface area contributed by atoms with Gasteiger partial charge in [0.15, 0.2) is 5.82 Å². The van der Waals surface area contributed by atoms with E-state index < -0.39 is 0 Å². The first-order valence-corrected chi connectivity index (χ1v) is 13.2. The minimum atomic E-state index is -0.0822. The van der Waals surface area contributed by atoms with Crippen LogP contribution in [0, 0.1) is 13.8 Å². The summed E-state index contributed by atoms with van der Waals surface area (Å²) < 4.78 is 0. The van der Waals surface area contributed by atoms with E-state index in [0.717, 1.165) is 42.0 Å². The molecule has 1 saturated heterocycles. The molecule has 2 aromatic carbocycles. The molecular weight excluding hydrogens is 462 g/mol. The summed E-state index contributed by atoms with van der Waals surface area (Å²) in [6.07, 6.45) is 1.62. The van der Waals surface area contributed by atoms with E-state index in [2.05, 4.69) is 46.3 Å². The van der Waals surface area contributed by atoms with Gasteiger partial charge in [-0.2, -0.15) is 0 Å². The number of rotatable bonds is 7. The highest BCUT2D eigenvalue weighted by atomic mass is 16.2. The molecule has 37 heavy (non-hydrogen) atoms. The fourth-order valence-corrected chi connectivity index (χ4v) is 4.63. The summed E-state index contributed by atoms with van der Waals surface area (Å²) in [7, 11) is 0. The summed E-state index contributed by atoms with van der Waals surface area (Å²) >= 11 is 0. The maximum atomic E-state index is 13.4. The molecule has 2 heterocycles. The Bertz CT molecular complexity index is 1210. The van der Waals surface area contributed by atoms with E-state index in [4.69, 9.17) is 0 Å². The van der Waals surface area contributed by atoms with Crippen molar-refractivity contribution in [3.63, 3.8) is 0 Å². The van der Waals surface area contributed by atoms with E-state index in [0.29, 0.717) is 25.2 Å². The molecule has 0 N–H and O–H groups in total. The Morgan fingerprint density at radius 3 is 2.35 bits per heavy atom. The minimum absolute atomic E-state index is 0.00936. The van der Waals surface area contributed by atoms with Crippen molar-refractivity contribution in [3.05, 3.63) is 77.4 Å². The Hall–Kier alpha value is -3.74. The number of carbonyl (C=O) groups excluding carboxylic acids is 2. The van der Waals surface area contributed by atoms with Gasteiger partial charge in [0.1, 0.15) is 6.54 Å². The van der Waals surface area contributed by atoms with E-state index >= 15 is 0 Å². The Kier molecular flexibility index (Phi) is 8.54. The molecule has 1 aliphatic rings. The van der Waals surface area contributed by atoms with Crippen molar-refractivity contribution in [1.29, 1.82) is 0 Å². The third kappa shape index (κ3) is 6.34. The van der Waals surface area contributed by atoms with Crippen molar-refractivity contribution < 1.29 is 9.59 Å². The van der Waals surface area contributed by atoms with Crippen molar-refractivity contribution >= 4 is 17.6 Å². The predicted octanol–water partition coefficient (Wildman–Crippen LogP) is 4.74. The number of amides is 2. The molecule has 1 atom stereocenters. The quantitative estimate of drug-likeness (QED) is 0.470. The standard InChI is InChI=1S/C30H37N5O2/c1-5-24(4)35(30(37)26-10-7-6-9-23(26)3)21-29(36)34-18-8-17-33(19-20-34)28-16-15-27(31-32-28)25-13-11-22(2)12-14-25/h6-7,9-16,24H,5,8,17-21H2,1-4H3. The van der Waals surface area contributed by atoms with Crippen LogP contribution in [0.25, 0.3) is 11.3 Å². The molecule has 7 nitrogen and oxygen atoms in total. The van der Waals surface area contributed by atoms with E-state index in [1.165, 1.54) is 5.56 Å². The average Bonchev–Trinajstić information content (AvgIpc) is 3.18. The van der Waals surface area contributed by atoms with Gasteiger partial charge < -0.3 is 14.7 Å². The number of aromatic nitrogens is 2. The molecule has 3 aromatic rings. The molecule has 194 valence electrons. The van der Waals surface area contributed by atoms with Gasteiger partial charge in [-0.05, 0) is 57.4 Å². The third-order valence-corrected chi connectivity index (χ3v) is 7.24. The molecule has 2 amide bonds. The van der Waals surface area contributed by atoms with E-state index in [9.17, 15) is 9.59 Å². The van der Waals surface area contributed by atoms with Gasteiger partial charge >= 0.3 is 0 Å². The van der Waals surface area contributed by atoms with Gasteiger partial charge in [0.2, 0.25) is 5.91 Å². The van der Waals surface area contributed by atoms with Gasteiger partial charge in [-0.1, -0.05) is 55.0 Å². The fourth-order valence-electron chi connectivity index (χ4n) is 4.63. The lowest BCUT2D eigenvalue weighted by Crippen LogP contribution is -2.47. The van der Waals surface area contributed by atoms with E-state index in [1.807, 2.05) is 62.1 Å². The third-order valence-electron chi connectivity index (χ3n) is 7.24. The number of hydrogen-bond donors (Lipinski definition) is 0. The number of carbonyl (C=O) groups is 2. The first kappa shape index (κ1) is 26.3. The van der Waals surface area contributed by atoms with Crippen LogP contribution in [0.4, 0.5) is 5.82 Å². The van der Waals surface area contributed by atoms with Crippen LogP contribution in [0.3, 0.4) is 0 Å². The van der Waals surface area contributed by atoms with Crippen LogP contribution < -0.4 is 4.90 Å². The summed E-state index contributed by atoms with van der Waals surface area (Å²) in [5.74, 6) is 0.729. The predicted molar refractivity (Wildman–Crippen MR) is 148 cm³/mol. The summed E-state index contributed by atoms with van der Waals surface area (Å²) in [4.78, 5) is 32.5. The van der Waals surface area contributed by atoms with Crippen molar-refractivity contribution in [3.8, 4) is 11.3 Å². The smallest absolute Gasteiger partial charge is 0.254 e. The molecule has 1 aromatic heterocycles. The second-order valence-electron chi connectivity index (χ2n) is 9.87. The van der Waals surface area contributed by atoms with Crippen LogP contribution in [0.1, 0.15) is 48.2 Å². The van der Waals surface area contributed by atoms with Crippen molar-refractivity contribution in [2.75, 3.05) is 37.6 Å². The second kappa shape index (κ2) is 12.0. The Labute approximate surface area is 220 Å². The van der Waals surface area contributed by atoms with Crippen molar-refractivity contribution in [1.82, 2.24) is 20.0 Å². The number of nitrogens with zero attached hydrogens (tertiary/aromatic N) is 5. The molecule has 1 unspecified atom stereocenters. The summed E-state index contributed by atoms with van der Waals surface area (Å²) in [5, 5.41) is 8.93. The van der Waals surface area contributed by atoms with Crippen LogP contribution in [-0.2, 0) is 4.79 Å². The zero-order valence-electron chi connectivity index (χ0n) is 22.4. The van der Waals surface area contributed by atoms with Crippen molar-refractivity contribution in [2.45, 2.75) is 46.6 Å². The monoisotopic (exact) mass is 499 g/mol. The number of benzene rings is 2. The Morgan fingerprint density at radius 1 is 0.919 bits per heavy atom. The van der Waals surface area contributed by atoms with Gasteiger partial charge in [-0.3, -0.25) is 9.59 Å². The SMILES string of the molecule is CCC(C)N(CC(=O)N1CCCN(c2ccc(-c3ccc(C)cc3)nn2)CC1)C(=O)c1ccccc1C. The van der Waals surface area contributed by atoms with Gasteiger partial charge in [-0.25, -0.2) is 0 Å². The fraction of sp³-hybridized carbons (Fsp3) is 0.400. The lowest BCUT2D eigenvalue weighted by atomic mass is 10.1. The number of hydrogen-bond acceptors (Lipinski definition) is 5. The van der Waals surface area contributed by atoms with Gasteiger partial charge in [0, 0.05) is 43.3 Å². The molecule has 0 radical (unpaired) electrons. The topological polar surface area (TPSA) is 69.6 Å². The van der Waals surface area contributed by atoms with Crippen LogP contribution in [0.5, 0.6) is 0 Å². The van der Waals surface area contributed by atoms with Crippen LogP contribution in [-0.4, -0.2) is 70.6 Å². The molecule has 4 rings (SSSR count). The van der Waals surface area contributed by atoms with Crippen LogP contribution >= 0.6 is 0 Å². The highest BCUT2D eigenvalue weighted by Crippen LogP contribution is 2.20. The lowest BCUT2D eigenvalue weighted by Gasteiger charge is -2.31. The number of anilines is 1. The Morgan fingerprint density at radius 2 is 1.68 bits per heavy atom. The molecule has 0 spiro atoms. The Balaban J connectivity index is 1.40. The van der Waals surface area contributed by atoms with Gasteiger partial charge in [0.05, 0.1) is 5.69 Å². The van der Waals surface area contributed by atoms with Crippen molar-refractivity contribution in [2.24, 2.45) is 0 Å². The van der Waals surface area contributed by atoms with Gasteiger partial charge in [0.25, 0.3) is 5.91 Å². The van der Waals surface area contributed by atoms with E-state index in [-0.39, 0.29) is 24.4 Å². The van der Waals surface area contributed by atoms with Gasteiger partial charge in [-0.15, -0.1) is 10.2 Å². The summed E-state index contributed by atoms with van der Waals surface area (Å²) in [5.41, 5.74) is 4.68. The largest absolute Gasteiger partial charge is 0.353 e. The zero-order chi connectivity index (χ0) is 26.4. The molecule has 1 fully saturated rings. The van der Waals surface area contributed by atoms with Crippen LogP contribution in [0.15, 0.2) is 60.7 Å². The lowest BCUT2D eigenvalue weighted by molar-refractivity contribution is -0.132. The minimum Gasteiger partial charge on any atom is -0.353 e. The molecule has 1 aliphatic heterocycles. The second-order valence-corrected chi connectivity index (χ2v) is 9.87. The van der Waals surface area contributed by atoms with Crippen LogP contribution in [0.2, 0.25) is 0 Å². The first-order chi connectivity index (χ1) is 17.9. The maximum Gasteiger partial charge on any atom is 0.254 e. The molecule has 0 bridgehead atoms.